The number of amides is 5. The van der Waals surface area contributed by atoms with Crippen LogP contribution in [0.3, 0.4) is 0 Å². The molecule has 0 bridgehead atoms. The number of aliphatic hydroxyl groups is 1. The SMILES string of the molecule is CC(NC(=O)C(CC(N)=O)NC(=O)C(N)CCC(N)=O)C(=O)NC(CO)C(=O)O. The minimum atomic E-state index is -1.58. The van der Waals surface area contributed by atoms with Crippen molar-refractivity contribution in [1.82, 2.24) is 16.0 Å². The maximum Gasteiger partial charge on any atom is 0.328 e. The third-order valence-corrected chi connectivity index (χ3v) is 3.63. The molecule has 0 aromatic heterocycles. The summed E-state index contributed by atoms with van der Waals surface area (Å²) in [6.45, 7) is 0.344. The summed E-state index contributed by atoms with van der Waals surface area (Å²) < 4.78 is 0. The van der Waals surface area contributed by atoms with E-state index in [0.717, 1.165) is 0 Å². The van der Waals surface area contributed by atoms with E-state index in [-0.39, 0.29) is 12.8 Å². The molecule has 14 heteroatoms. The molecule has 0 aliphatic heterocycles. The largest absolute Gasteiger partial charge is 0.480 e. The van der Waals surface area contributed by atoms with Crippen molar-refractivity contribution in [2.45, 2.75) is 50.4 Å². The smallest absolute Gasteiger partial charge is 0.328 e. The van der Waals surface area contributed by atoms with Crippen molar-refractivity contribution >= 4 is 35.5 Å². The zero-order chi connectivity index (χ0) is 22.7. The van der Waals surface area contributed by atoms with E-state index < -0.39 is 72.7 Å². The van der Waals surface area contributed by atoms with Crippen LogP contribution in [0.1, 0.15) is 26.2 Å². The van der Waals surface area contributed by atoms with Crippen LogP contribution < -0.4 is 33.2 Å². The average molecular weight is 418 g/mol. The van der Waals surface area contributed by atoms with E-state index in [4.69, 9.17) is 27.4 Å². The fourth-order valence-corrected chi connectivity index (χ4v) is 1.98. The van der Waals surface area contributed by atoms with Gasteiger partial charge in [0.25, 0.3) is 0 Å². The van der Waals surface area contributed by atoms with Crippen molar-refractivity contribution in [2.75, 3.05) is 6.61 Å². The summed E-state index contributed by atoms with van der Waals surface area (Å²) >= 11 is 0. The van der Waals surface area contributed by atoms with Crippen LogP contribution in [-0.2, 0) is 28.8 Å². The Bertz CT molecular complexity index is 655. The Morgan fingerprint density at radius 3 is 1.86 bits per heavy atom. The van der Waals surface area contributed by atoms with Crippen LogP contribution in [0.4, 0.5) is 0 Å². The highest BCUT2D eigenvalue weighted by molar-refractivity contribution is 5.96. The fourth-order valence-electron chi connectivity index (χ4n) is 1.98. The summed E-state index contributed by atoms with van der Waals surface area (Å²) in [5, 5.41) is 24.1. The minimum Gasteiger partial charge on any atom is -0.480 e. The van der Waals surface area contributed by atoms with Crippen LogP contribution in [0.25, 0.3) is 0 Å². The second kappa shape index (κ2) is 12.2. The summed E-state index contributed by atoms with van der Waals surface area (Å²) in [7, 11) is 0. The van der Waals surface area contributed by atoms with Crippen molar-refractivity contribution in [3.8, 4) is 0 Å². The van der Waals surface area contributed by atoms with Crippen molar-refractivity contribution in [2.24, 2.45) is 17.2 Å². The van der Waals surface area contributed by atoms with Gasteiger partial charge < -0.3 is 43.4 Å². The Kier molecular flexibility index (Phi) is 10.9. The van der Waals surface area contributed by atoms with E-state index in [0.29, 0.717) is 0 Å². The summed E-state index contributed by atoms with van der Waals surface area (Å²) in [5.74, 6) is -5.83. The lowest BCUT2D eigenvalue weighted by molar-refractivity contribution is -0.143. The number of carbonyl (C=O) groups is 6. The number of nitrogens with one attached hydrogen (secondary N) is 3. The van der Waals surface area contributed by atoms with E-state index >= 15 is 0 Å². The van der Waals surface area contributed by atoms with Crippen LogP contribution in [0.2, 0.25) is 0 Å². The Morgan fingerprint density at radius 2 is 1.41 bits per heavy atom. The number of rotatable bonds is 13. The maximum absolute atomic E-state index is 12.3. The lowest BCUT2D eigenvalue weighted by Gasteiger charge is -2.22. The van der Waals surface area contributed by atoms with E-state index in [1.165, 1.54) is 6.92 Å². The lowest BCUT2D eigenvalue weighted by atomic mass is 10.1. The number of aliphatic hydroxyl groups excluding tert-OH is 1. The van der Waals surface area contributed by atoms with Gasteiger partial charge in [-0.2, -0.15) is 0 Å². The first-order valence-electron chi connectivity index (χ1n) is 8.46. The normalized spacial score (nSPS) is 14.6. The second-order valence-electron chi connectivity index (χ2n) is 6.16. The van der Waals surface area contributed by atoms with Crippen LogP contribution in [0.15, 0.2) is 0 Å². The van der Waals surface area contributed by atoms with Gasteiger partial charge in [-0.15, -0.1) is 0 Å². The number of aliphatic carboxylic acids is 1. The van der Waals surface area contributed by atoms with Gasteiger partial charge in [-0.3, -0.25) is 24.0 Å². The van der Waals surface area contributed by atoms with E-state index in [9.17, 15) is 28.8 Å². The molecule has 29 heavy (non-hydrogen) atoms. The van der Waals surface area contributed by atoms with E-state index in [1.54, 1.807) is 0 Å². The molecule has 5 amide bonds. The minimum absolute atomic E-state index is 0.0946. The summed E-state index contributed by atoms with van der Waals surface area (Å²) in [4.78, 5) is 69.0. The molecule has 164 valence electrons. The fraction of sp³-hybridized carbons (Fsp3) is 0.600. The average Bonchev–Trinajstić information content (AvgIpc) is 2.62. The molecule has 0 rings (SSSR count). The third kappa shape index (κ3) is 10.0. The first kappa shape index (κ1) is 25.7. The Balaban J connectivity index is 5.00. The van der Waals surface area contributed by atoms with Crippen LogP contribution in [0.5, 0.6) is 0 Å². The van der Waals surface area contributed by atoms with E-state index in [2.05, 4.69) is 10.6 Å². The highest BCUT2D eigenvalue weighted by Crippen LogP contribution is 1.99. The number of primary amides is 2. The maximum atomic E-state index is 12.3. The Labute approximate surface area is 165 Å². The lowest BCUT2D eigenvalue weighted by Crippen LogP contribution is -2.57. The van der Waals surface area contributed by atoms with Crippen molar-refractivity contribution < 1.29 is 39.0 Å². The summed E-state index contributed by atoms with van der Waals surface area (Å²) in [6.07, 6.45) is -0.875. The molecule has 0 aliphatic rings. The number of hydrogen-bond donors (Lipinski definition) is 8. The van der Waals surface area contributed by atoms with Crippen molar-refractivity contribution in [1.29, 1.82) is 0 Å². The molecule has 4 unspecified atom stereocenters. The molecule has 11 N–H and O–H groups in total. The molecule has 0 saturated carbocycles. The van der Waals surface area contributed by atoms with Crippen molar-refractivity contribution in [3.05, 3.63) is 0 Å². The molecular formula is C15H26N6O8. The number of carbonyl (C=O) groups excluding carboxylic acids is 5. The molecule has 0 fully saturated rings. The summed E-state index contributed by atoms with van der Waals surface area (Å²) in [6, 6.07) is -5.51. The first-order chi connectivity index (χ1) is 13.4. The van der Waals surface area contributed by atoms with Crippen LogP contribution in [-0.4, -0.2) is 76.5 Å². The molecule has 0 aromatic carbocycles. The van der Waals surface area contributed by atoms with Gasteiger partial charge in [-0.1, -0.05) is 0 Å². The molecule has 0 spiro atoms. The van der Waals surface area contributed by atoms with Gasteiger partial charge in [-0.05, 0) is 13.3 Å². The molecule has 0 saturated heterocycles. The molecule has 14 nitrogen and oxygen atoms in total. The Hall–Kier alpha value is -3.26. The van der Waals surface area contributed by atoms with Crippen molar-refractivity contribution in [3.63, 3.8) is 0 Å². The predicted molar refractivity (Wildman–Crippen MR) is 96.4 cm³/mol. The zero-order valence-corrected chi connectivity index (χ0v) is 15.7. The second-order valence-corrected chi connectivity index (χ2v) is 6.16. The van der Waals surface area contributed by atoms with Gasteiger partial charge in [-0.25, -0.2) is 4.79 Å². The molecule has 0 radical (unpaired) electrons. The van der Waals surface area contributed by atoms with Gasteiger partial charge >= 0.3 is 5.97 Å². The topological polar surface area (TPSA) is 257 Å². The van der Waals surface area contributed by atoms with Crippen LogP contribution >= 0.6 is 0 Å². The number of nitrogens with two attached hydrogens (primary N) is 3. The molecule has 4 atom stereocenters. The number of hydrogen-bond acceptors (Lipinski definition) is 8. The Morgan fingerprint density at radius 1 is 0.862 bits per heavy atom. The third-order valence-electron chi connectivity index (χ3n) is 3.63. The highest BCUT2D eigenvalue weighted by Gasteiger charge is 2.29. The van der Waals surface area contributed by atoms with Gasteiger partial charge in [0.05, 0.1) is 19.1 Å². The quantitative estimate of drug-likeness (QED) is 0.142. The highest BCUT2D eigenvalue weighted by atomic mass is 16.4. The molecule has 0 heterocycles. The standard InChI is InChI=1S/C15H26N6O8/c1-6(12(25)21-9(5-22)15(28)29)19-14(27)8(4-11(18)24)20-13(26)7(16)2-3-10(17)23/h6-9,22H,2-5,16H2,1H3,(H2,17,23)(H2,18,24)(H,19,27)(H,20,26)(H,21,25)(H,28,29). The zero-order valence-electron chi connectivity index (χ0n) is 15.7. The number of carboxylic acids is 1. The van der Waals surface area contributed by atoms with Gasteiger partial charge in [0.15, 0.2) is 0 Å². The number of carboxylic acid groups (broad SMARTS) is 1. The van der Waals surface area contributed by atoms with Crippen LogP contribution in [0, 0.1) is 0 Å². The van der Waals surface area contributed by atoms with Gasteiger partial charge in [0.1, 0.15) is 18.1 Å². The summed E-state index contributed by atoms with van der Waals surface area (Å²) in [5.41, 5.74) is 15.6. The van der Waals surface area contributed by atoms with Gasteiger partial charge in [0, 0.05) is 6.42 Å². The predicted octanol–water partition coefficient (Wildman–Crippen LogP) is -4.99. The van der Waals surface area contributed by atoms with Gasteiger partial charge in [0.2, 0.25) is 29.5 Å². The molecule has 0 aromatic rings. The van der Waals surface area contributed by atoms with E-state index in [1.807, 2.05) is 5.32 Å². The molecule has 0 aliphatic carbocycles. The first-order valence-corrected chi connectivity index (χ1v) is 8.46. The monoisotopic (exact) mass is 418 g/mol. The molecular weight excluding hydrogens is 392 g/mol.